The Bertz CT molecular complexity index is 3200. The van der Waals surface area contributed by atoms with Crippen molar-refractivity contribution >= 4 is 67.4 Å². The summed E-state index contributed by atoms with van der Waals surface area (Å²) in [5.41, 5.74) is 20.2. The lowest BCUT2D eigenvalue weighted by Crippen LogP contribution is -2.57. The van der Waals surface area contributed by atoms with E-state index in [0.29, 0.717) is 10.8 Å². The number of hydrogen-bond acceptors (Lipinski definition) is 1. The molecule has 8 saturated carbocycles. The van der Waals surface area contributed by atoms with Crippen LogP contribution in [0.25, 0.3) is 43.7 Å². The number of nitrogens with zero attached hydrogens (tertiary/aromatic N) is 2. The van der Waals surface area contributed by atoms with Gasteiger partial charge in [-0.3, -0.25) is 0 Å². The molecule has 2 aliphatic heterocycles. The zero-order valence-corrected chi connectivity index (χ0v) is 39.2. The van der Waals surface area contributed by atoms with Gasteiger partial charge in [-0.05, 0) is 245 Å². The molecule has 8 bridgehead atoms. The molecule has 0 atom stereocenters. The number of fused-ring (bicyclic) bond motifs is 10. The Kier molecular flexibility index (Phi) is 7.02. The van der Waals surface area contributed by atoms with Crippen LogP contribution in [0.2, 0.25) is 0 Å². The van der Waals surface area contributed by atoms with E-state index in [1.807, 2.05) is 0 Å². The predicted octanol–water partition coefficient (Wildman–Crippen LogP) is 14.6. The van der Waals surface area contributed by atoms with Gasteiger partial charge in [0.05, 0.1) is 0 Å². The average molecular weight is 847 g/mol. The highest BCUT2D eigenvalue weighted by atomic mass is 15.2. The van der Waals surface area contributed by atoms with Crippen molar-refractivity contribution in [3.63, 3.8) is 0 Å². The fourth-order valence-corrected chi connectivity index (χ4v) is 18.8. The Morgan fingerprint density at radius 1 is 0.477 bits per heavy atom. The first-order valence-electron chi connectivity index (χ1n) is 26.2. The maximum atomic E-state index is 2.89. The van der Waals surface area contributed by atoms with E-state index >= 15 is 0 Å². The molecule has 0 unspecified atom stereocenters. The molecule has 18 rings (SSSR count). The van der Waals surface area contributed by atoms with Crippen molar-refractivity contribution in [3.8, 4) is 11.1 Å². The van der Waals surface area contributed by atoms with E-state index in [4.69, 9.17) is 0 Å². The molecular weight excluding hydrogens is 784 g/mol. The summed E-state index contributed by atoms with van der Waals surface area (Å²) in [7, 11) is 0. The van der Waals surface area contributed by atoms with Crippen LogP contribution in [-0.4, -0.2) is 11.3 Å². The van der Waals surface area contributed by atoms with Gasteiger partial charge in [-0.25, -0.2) is 0 Å². The van der Waals surface area contributed by atoms with E-state index in [1.54, 1.807) is 11.1 Å². The number of rotatable bonds is 3. The van der Waals surface area contributed by atoms with Gasteiger partial charge in [0, 0.05) is 44.4 Å². The smallest absolute Gasteiger partial charge is 0.333 e. The molecule has 8 fully saturated rings. The molecule has 3 heteroatoms. The second kappa shape index (κ2) is 12.2. The van der Waals surface area contributed by atoms with Gasteiger partial charge in [-0.1, -0.05) is 82.3 Å². The molecule has 1 aromatic heterocycles. The third-order valence-corrected chi connectivity index (χ3v) is 20.9. The standard InChI is InChI=1S/C62H63BN2/c1-59(2)18-19-60(3,4)52-29-45(14-15-51(52)59)64-54-11-7-10-47-49-27-44(62-33-39-23-40(34-62)25-41(24-39)35-62)28-50-48-26-43(61-30-36-20-37(31-61)22-38(21-36)32-61)13-17-53(48)65(58(49)50)63(57(47)54)56-46-9-6-5-8-42(46)12-16-55(56)64/h5-17,26-29,36-41H,18-25,30-35H2,1-4H3. The number of anilines is 3. The maximum absolute atomic E-state index is 2.89. The first kappa shape index (κ1) is 37.3. The van der Waals surface area contributed by atoms with Gasteiger partial charge in [-0.2, -0.15) is 0 Å². The van der Waals surface area contributed by atoms with Crippen molar-refractivity contribution in [2.75, 3.05) is 4.90 Å². The summed E-state index contributed by atoms with van der Waals surface area (Å²) in [6.45, 7) is 9.96. The summed E-state index contributed by atoms with van der Waals surface area (Å²) >= 11 is 0. The summed E-state index contributed by atoms with van der Waals surface area (Å²) in [5, 5.41) is 5.78. The Morgan fingerprint density at radius 3 is 1.78 bits per heavy atom. The van der Waals surface area contributed by atoms with Crippen molar-refractivity contribution in [2.24, 2.45) is 35.5 Å². The number of benzene rings is 6. The minimum atomic E-state index is 0.0647. The molecule has 3 heterocycles. The van der Waals surface area contributed by atoms with Crippen molar-refractivity contribution in [3.05, 3.63) is 125 Å². The molecule has 0 N–H and O–H groups in total. The summed E-state index contributed by atoms with van der Waals surface area (Å²) in [5.74, 6) is 5.55. The topological polar surface area (TPSA) is 8.17 Å². The van der Waals surface area contributed by atoms with E-state index in [1.165, 1.54) is 173 Å². The Balaban J connectivity index is 0.992. The van der Waals surface area contributed by atoms with Gasteiger partial charge >= 0.3 is 6.85 Å². The van der Waals surface area contributed by atoms with Crippen LogP contribution in [-0.2, 0) is 21.7 Å². The van der Waals surface area contributed by atoms with Gasteiger partial charge in [0.25, 0.3) is 0 Å². The molecule has 2 nitrogen and oxygen atoms in total. The Morgan fingerprint density at radius 2 is 1.09 bits per heavy atom. The van der Waals surface area contributed by atoms with Crippen LogP contribution in [0.1, 0.15) is 140 Å². The first-order chi connectivity index (χ1) is 31.5. The van der Waals surface area contributed by atoms with Gasteiger partial charge in [0.15, 0.2) is 0 Å². The Hall–Kier alpha value is -4.76. The van der Waals surface area contributed by atoms with Crippen molar-refractivity contribution < 1.29 is 0 Å². The zero-order valence-electron chi connectivity index (χ0n) is 39.2. The molecule has 324 valence electrons. The van der Waals surface area contributed by atoms with Gasteiger partial charge in [0.2, 0.25) is 0 Å². The van der Waals surface area contributed by atoms with Crippen LogP contribution >= 0.6 is 0 Å². The van der Waals surface area contributed by atoms with Gasteiger partial charge in [-0.15, -0.1) is 0 Å². The van der Waals surface area contributed by atoms with Crippen LogP contribution in [0.3, 0.4) is 0 Å². The van der Waals surface area contributed by atoms with Gasteiger partial charge in [0.1, 0.15) is 0 Å². The third-order valence-electron chi connectivity index (χ3n) is 20.9. The fraction of sp³-hybridized carbons (Fsp3) is 0.452. The molecule has 0 amide bonds. The van der Waals surface area contributed by atoms with E-state index in [9.17, 15) is 0 Å². The van der Waals surface area contributed by atoms with E-state index in [0.717, 1.165) is 35.5 Å². The molecular formula is C62H63BN2. The Labute approximate surface area is 386 Å². The van der Waals surface area contributed by atoms with Crippen molar-refractivity contribution in [1.29, 1.82) is 0 Å². The second-order valence-electron chi connectivity index (χ2n) is 25.6. The number of aromatic nitrogens is 1. The third kappa shape index (κ3) is 4.84. The van der Waals surface area contributed by atoms with Crippen LogP contribution in [0.5, 0.6) is 0 Å². The molecule has 0 radical (unpaired) electrons. The van der Waals surface area contributed by atoms with E-state index in [2.05, 4.69) is 140 Å². The van der Waals surface area contributed by atoms with Gasteiger partial charge < -0.3 is 9.38 Å². The molecule has 9 aliphatic carbocycles. The summed E-state index contributed by atoms with van der Waals surface area (Å²) in [6, 6.07) is 42.8. The molecule has 7 aromatic rings. The summed E-state index contributed by atoms with van der Waals surface area (Å²) in [6.07, 6.45) is 19.8. The normalized spacial score (nSPS) is 32.4. The SMILES string of the molecule is CC1(C)CCC(C)(C)c2cc(N3c4cccc5c4B(c4c3ccc3ccccc43)n3c4ccc(C67CC8CC(CC(C8)C6)C7)cc4c4cc(C67CC8CC(CC(C8)C6)C7)cc-5c43)ccc21. The van der Waals surface area contributed by atoms with Crippen LogP contribution in [0.4, 0.5) is 17.1 Å². The lowest BCUT2D eigenvalue weighted by atomic mass is 9.44. The zero-order chi connectivity index (χ0) is 42.9. The minimum absolute atomic E-state index is 0.0647. The van der Waals surface area contributed by atoms with E-state index in [-0.39, 0.29) is 17.7 Å². The quantitative estimate of drug-likeness (QED) is 0.161. The second-order valence-corrected chi connectivity index (χ2v) is 25.6. The fourth-order valence-electron chi connectivity index (χ4n) is 18.8. The highest BCUT2D eigenvalue weighted by Gasteiger charge is 2.54. The highest BCUT2D eigenvalue weighted by molar-refractivity contribution is 6.91. The summed E-state index contributed by atoms with van der Waals surface area (Å²) in [4.78, 5) is 2.69. The molecule has 0 saturated heterocycles. The van der Waals surface area contributed by atoms with Crippen molar-refractivity contribution in [2.45, 2.75) is 139 Å². The summed E-state index contributed by atoms with van der Waals surface area (Å²) < 4.78 is 2.89. The molecule has 6 aromatic carbocycles. The monoisotopic (exact) mass is 847 g/mol. The predicted molar refractivity (Wildman–Crippen MR) is 272 cm³/mol. The molecule has 0 spiro atoms. The first-order valence-corrected chi connectivity index (χ1v) is 26.2. The average Bonchev–Trinajstić information content (AvgIpc) is 3.62. The lowest BCUT2D eigenvalue weighted by molar-refractivity contribution is -0.00527. The van der Waals surface area contributed by atoms with E-state index < -0.39 is 0 Å². The number of hydrogen-bond donors (Lipinski definition) is 0. The minimum Gasteiger partial charge on any atom is -0.375 e. The van der Waals surface area contributed by atoms with Crippen LogP contribution in [0, 0.1) is 35.5 Å². The van der Waals surface area contributed by atoms with Crippen LogP contribution in [0.15, 0.2) is 103 Å². The van der Waals surface area contributed by atoms with Crippen molar-refractivity contribution in [1.82, 2.24) is 4.48 Å². The largest absolute Gasteiger partial charge is 0.375 e. The molecule has 11 aliphatic rings. The highest BCUT2D eigenvalue weighted by Crippen LogP contribution is 2.63. The lowest BCUT2D eigenvalue weighted by Gasteiger charge is -2.57. The van der Waals surface area contributed by atoms with Crippen LogP contribution < -0.4 is 15.8 Å². The molecule has 65 heavy (non-hydrogen) atoms. The maximum Gasteiger partial charge on any atom is 0.333 e.